The van der Waals surface area contributed by atoms with E-state index in [4.69, 9.17) is 11.6 Å². The molecule has 2 unspecified atom stereocenters. The molecule has 3 aromatic rings. The Hall–Kier alpha value is -2.97. The van der Waals surface area contributed by atoms with Crippen LogP contribution in [0.15, 0.2) is 42.5 Å². The predicted octanol–water partition coefficient (Wildman–Crippen LogP) is 5.65. The summed E-state index contributed by atoms with van der Waals surface area (Å²) in [6.07, 6.45) is 0.716. The number of carbonyl (C=O) groups is 2. The molecule has 0 aliphatic carbocycles. The fourth-order valence-corrected chi connectivity index (χ4v) is 4.00. The lowest BCUT2D eigenvalue weighted by Gasteiger charge is -2.23. The number of benzene rings is 2. The van der Waals surface area contributed by atoms with Crippen LogP contribution < -0.4 is 16.0 Å². The highest BCUT2D eigenvalue weighted by Crippen LogP contribution is 2.27. The van der Waals surface area contributed by atoms with Crippen molar-refractivity contribution in [3.63, 3.8) is 0 Å². The summed E-state index contributed by atoms with van der Waals surface area (Å²) in [7, 11) is 0. The number of aryl methyl sites for hydroxylation is 2. The van der Waals surface area contributed by atoms with E-state index in [9.17, 15) is 9.59 Å². The topological polar surface area (TPSA) is 96.0 Å². The van der Waals surface area contributed by atoms with Crippen molar-refractivity contribution in [2.45, 2.75) is 40.2 Å². The van der Waals surface area contributed by atoms with Gasteiger partial charge in [-0.1, -0.05) is 73.0 Å². The molecule has 3 rings (SSSR count). The number of anilines is 2. The number of aromatic nitrogens is 2. The number of nitrogens with one attached hydrogen (secondary N) is 3. The Balaban J connectivity index is 1.68. The summed E-state index contributed by atoms with van der Waals surface area (Å²) >= 11 is 7.19. The van der Waals surface area contributed by atoms with Crippen molar-refractivity contribution >= 4 is 45.7 Å². The molecular formula is C23H26ClN5O2S. The molecule has 0 bridgehead atoms. The van der Waals surface area contributed by atoms with Crippen molar-refractivity contribution in [2.24, 2.45) is 5.92 Å². The van der Waals surface area contributed by atoms with Crippen LogP contribution in [-0.4, -0.2) is 28.2 Å². The summed E-state index contributed by atoms with van der Waals surface area (Å²) < 4.78 is 0. The zero-order valence-corrected chi connectivity index (χ0v) is 20.0. The van der Waals surface area contributed by atoms with Crippen molar-refractivity contribution in [3.05, 3.63) is 58.6 Å². The van der Waals surface area contributed by atoms with E-state index in [-0.39, 0.29) is 11.8 Å². The second-order valence-electron chi connectivity index (χ2n) is 7.69. The Morgan fingerprint density at radius 2 is 1.78 bits per heavy atom. The molecule has 0 aliphatic heterocycles. The van der Waals surface area contributed by atoms with Gasteiger partial charge in [-0.05, 0) is 43.5 Å². The van der Waals surface area contributed by atoms with E-state index in [1.54, 1.807) is 12.1 Å². The summed E-state index contributed by atoms with van der Waals surface area (Å²) in [5, 5.41) is 18.3. The van der Waals surface area contributed by atoms with E-state index >= 15 is 0 Å². The second kappa shape index (κ2) is 10.6. The van der Waals surface area contributed by atoms with E-state index in [0.29, 0.717) is 27.3 Å². The molecule has 2 atom stereocenters. The molecule has 7 nitrogen and oxygen atoms in total. The smallest absolute Gasteiger partial charge is 0.319 e. The summed E-state index contributed by atoms with van der Waals surface area (Å²) in [6.45, 7) is 7.81. The number of carbonyl (C=O) groups excluding carboxylic acids is 2. The molecule has 1 heterocycles. The van der Waals surface area contributed by atoms with Gasteiger partial charge in [0, 0.05) is 16.3 Å². The van der Waals surface area contributed by atoms with Gasteiger partial charge in [-0.2, -0.15) is 0 Å². The average Bonchev–Trinajstić information content (AvgIpc) is 3.22. The first-order valence-corrected chi connectivity index (χ1v) is 11.5. The van der Waals surface area contributed by atoms with Gasteiger partial charge in [-0.3, -0.25) is 10.1 Å². The molecule has 0 aliphatic rings. The van der Waals surface area contributed by atoms with Crippen LogP contribution in [0, 0.1) is 19.8 Å². The van der Waals surface area contributed by atoms with Crippen molar-refractivity contribution in [1.82, 2.24) is 15.5 Å². The van der Waals surface area contributed by atoms with Gasteiger partial charge in [0.15, 0.2) is 0 Å². The maximum absolute atomic E-state index is 13.0. The zero-order chi connectivity index (χ0) is 23.3. The van der Waals surface area contributed by atoms with Crippen molar-refractivity contribution < 1.29 is 9.59 Å². The number of hydrogen-bond acceptors (Lipinski definition) is 5. The van der Waals surface area contributed by atoms with Gasteiger partial charge >= 0.3 is 6.03 Å². The number of hydrogen-bond donors (Lipinski definition) is 3. The second-order valence-corrected chi connectivity index (χ2v) is 9.10. The van der Waals surface area contributed by atoms with Crippen LogP contribution in [0.5, 0.6) is 0 Å². The molecule has 0 spiro atoms. The van der Waals surface area contributed by atoms with Crippen LogP contribution in [0.1, 0.15) is 31.4 Å². The third-order valence-corrected chi connectivity index (χ3v) is 6.30. The normalized spacial score (nSPS) is 12.7. The summed E-state index contributed by atoms with van der Waals surface area (Å²) in [6, 6.07) is 11.8. The summed E-state index contributed by atoms with van der Waals surface area (Å²) in [5.41, 5.74) is 3.62. The molecule has 32 heavy (non-hydrogen) atoms. The Morgan fingerprint density at radius 1 is 1.06 bits per heavy atom. The minimum absolute atomic E-state index is 0.0801. The first-order chi connectivity index (χ1) is 15.3. The molecular weight excluding hydrogens is 446 g/mol. The lowest BCUT2D eigenvalue weighted by Crippen LogP contribution is -2.49. The Bertz CT molecular complexity index is 1100. The molecule has 0 fully saturated rings. The monoisotopic (exact) mass is 471 g/mol. The maximum atomic E-state index is 13.0. The summed E-state index contributed by atoms with van der Waals surface area (Å²) in [5.74, 6) is -0.419. The standard InChI is InChI=1S/C23H26ClN5O2S/c1-5-14(3)19(26-22(31)25-18-11-6-13(2)12-15(18)4)20(30)27-23-29-28-21(32-23)16-7-9-17(24)10-8-16/h6-12,14,19H,5H2,1-4H3,(H2,25,26,31)(H,27,29,30). The third kappa shape index (κ3) is 6.05. The van der Waals surface area contributed by atoms with Crippen LogP contribution >= 0.6 is 22.9 Å². The highest BCUT2D eigenvalue weighted by atomic mass is 35.5. The maximum Gasteiger partial charge on any atom is 0.319 e. The van der Waals surface area contributed by atoms with E-state index in [1.807, 2.05) is 58.0 Å². The first-order valence-electron chi connectivity index (χ1n) is 10.3. The van der Waals surface area contributed by atoms with Crippen LogP contribution in [-0.2, 0) is 4.79 Å². The molecule has 0 saturated heterocycles. The summed E-state index contributed by atoms with van der Waals surface area (Å²) in [4.78, 5) is 25.6. The molecule has 168 valence electrons. The number of nitrogens with zero attached hydrogens (tertiary/aromatic N) is 2. The van der Waals surface area contributed by atoms with Gasteiger partial charge in [0.1, 0.15) is 11.0 Å². The van der Waals surface area contributed by atoms with Gasteiger partial charge < -0.3 is 10.6 Å². The third-order valence-electron chi connectivity index (χ3n) is 5.16. The Kier molecular flexibility index (Phi) is 7.82. The first kappa shape index (κ1) is 23.7. The lowest BCUT2D eigenvalue weighted by molar-refractivity contribution is -0.119. The number of urea groups is 1. The quantitative estimate of drug-likeness (QED) is 0.414. The Morgan fingerprint density at radius 3 is 2.44 bits per heavy atom. The van der Waals surface area contributed by atoms with Crippen molar-refractivity contribution in [3.8, 4) is 10.6 Å². The highest BCUT2D eigenvalue weighted by Gasteiger charge is 2.27. The molecule has 0 radical (unpaired) electrons. The SMILES string of the molecule is CCC(C)C(NC(=O)Nc1ccc(C)cc1C)C(=O)Nc1nnc(-c2ccc(Cl)cc2)s1. The predicted molar refractivity (Wildman–Crippen MR) is 130 cm³/mol. The number of halogens is 1. The fraction of sp³-hybridized carbons (Fsp3) is 0.304. The average molecular weight is 472 g/mol. The van der Waals surface area contributed by atoms with Crippen LogP contribution in [0.3, 0.4) is 0 Å². The van der Waals surface area contributed by atoms with E-state index in [0.717, 1.165) is 16.7 Å². The van der Waals surface area contributed by atoms with Crippen LogP contribution in [0.2, 0.25) is 5.02 Å². The van der Waals surface area contributed by atoms with Crippen molar-refractivity contribution in [2.75, 3.05) is 10.6 Å². The fourth-order valence-electron chi connectivity index (χ4n) is 3.12. The molecule has 2 aromatic carbocycles. The Labute approximate surface area is 196 Å². The largest absolute Gasteiger partial charge is 0.326 e. The van der Waals surface area contributed by atoms with Crippen LogP contribution in [0.25, 0.3) is 10.6 Å². The van der Waals surface area contributed by atoms with Gasteiger partial charge in [0.25, 0.3) is 0 Å². The molecule has 1 aromatic heterocycles. The minimum Gasteiger partial charge on any atom is -0.326 e. The van der Waals surface area contributed by atoms with Gasteiger partial charge in [0.2, 0.25) is 11.0 Å². The highest BCUT2D eigenvalue weighted by molar-refractivity contribution is 7.18. The van der Waals surface area contributed by atoms with E-state index in [1.165, 1.54) is 11.3 Å². The van der Waals surface area contributed by atoms with Gasteiger partial charge in [0.05, 0.1) is 0 Å². The van der Waals surface area contributed by atoms with Crippen molar-refractivity contribution in [1.29, 1.82) is 0 Å². The number of rotatable bonds is 7. The lowest BCUT2D eigenvalue weighted by atomic mass is 9.98. The van der Waals surface area contributed by atoms with E-state index < -0.39 is 12.1 Å². The zero-order valence-electron chi connectivity index (χ0n) is 18.4. The van der Waals surface area contributed by atoms with E-state index in [2.05, 4.69) is 26.1 Å². The molecule has 3 amide bonds. The van der Waals surface area contributed by atoms with Gasteiger partial charge in [-0.25, -0.2) is 4.79 Å². The molecule has 0 saturated carbocycles. The van der Waals surface area contributed by atoms with Crippen LogP contribution in [0.4, 0.5) is 15.6 Å². The molecule has 3 N–H and O–H groups in total. The molecule has 9 heteroatoms. The number of amides is 3. The minimum atomic E-state index is -0.728. The van der Waals surface area contributed by atoms with Gasteiger partial charge in [-0.15, -0.1) is 10.2 Å².